The Labute approximate surface area is 202 Å². The number of nitrogens with two attached hydrogens (primary N) is 1. The molecule has 2 aromatic heterocycles. The molecule has 174 valence electrons. The summed E-state index contributed by atoms with van der Waals surface area (Å²) < 4.78 is 0. The minimum atomic E-state index is -1.21. The number of thioether (sulfide) groups is 3. The largest absolute Gasteiger partial charge is 0.477 e. The molecule has 13 nitrogen and oxygen atoms in total. The highest BCUT2D eigenvalue weighted by atomic mass is 32.2. The third kappa shape index (κ3) is 4.80. The predicted molar refractivity (Wildman–Crippen MR) is 125 cm³/mol. The molecule has 4 heterocycles. The van der Waals surface area contributed by atoms with Gasteiger partial charge in [0.1, 0.15) is 22.8 Å². The summed E-state index contributed by atoms with van der Waals surface area (Å²) in [5.41, 5.74) is 5.94. The van der Waals surface area contributed by atoms with Crippen LogP contribution in [0.3, 0.4) is 0 Å². The molecule has 2 amide bonds. The lowest BCUT2D eigenvalue weighted by Gasteiger charge is -2.49. The van der Waals surface area contributed by atoms with E-state index in [-0.39, 0.29) is 22.2 Å². The van der Waals surface area contributed by atoms with E-state index in [1.54, 1.807) is 18.0 Å². The maximum atomic E-state index is 12.8. The van der Waals surface area contributed by atoms with Crippen molar-refractivity contribution in [2.75, 3.05) is 16.6 Å². The van der Waals surface area contributed by atoms with Crippen LogP contribution in [0.5, 0.6) is 0 Å². The highest BCUT2D eigenvalue weighted by Crippen LogP contribution is 2.44. The van der Waals surface area contributed by atoms with Crippen LogP contribution in [0.2, 0.25) is 0 Å². The van der Waals surface area contributed by atoms with Crippen molar-refractivity contribution in [3.63, 3.8) is 0 Å². The normalized spacial score (nSPS) is 20.4. The summed E-state index contributed by atoms with van der Waals surface area (Å²) in [4.78, 5) is 42.9. The van der Waals surface area contributed by atoms with Crippen molar-refractivity contribution in [1.29, 1.82) is 0 Å². The second kappa shape index (κ2) is 10.0. The van der Waals surface area contributed by atoms with Crippen LogP contribution in [0.1, 0.15) is 11.4 Å². The zero-order valence-electron chi connectivity index (χ0n) is 16.5. The molecule has 4 rings (SSSR count). The van der Waals surface area contributed by atoms with Crippen molar-refractivity contribution < 1.29 is 24.7 Å². The van der Waals surface area contributed by atoms with Crippen LogP contribution in [0.25, 0.3) is 0 Å². The Hall–Kier alpha value is -2.76. The van der Waals surface area contributed by atoms with Gasteiger partial charge in [0.2, 0.25) is 0 Å². The van der Waals surface area contributed by atoms with Gasteiger partial charge in [-0.05, 0) is 0 Å². The number of hydrogen-bond acceptors (Lipinski definition) is 13. The zero-order valence-corrected chi connectivity index (χ0v) is 19.8. The first kappa shape index (κ1) is 23.4. The molecule has 0 radical (unpaired) electrons. The molecule has 33 heavy (non-hydrogen) atoms. The molecule has 0 spiro atoms. The van der Waals surface area contributed by atoms with Crippen molar-refractivity contribution in [3.8, 4) is 0 Å². The number of hydrogen-bond donors (Lipinski definition) is 5. The molecule has 1 fully saturated rings. The van der Waals surface area contributed by atoms with Gasteiger partial charge in [0.25, 0.3) is 11.8 Å². The Morgan fingerprint density at radius 1 is 1.45 bits per heavy atom. The quantitative estimate of drug-likeness (QED) is 0.0747. The highest BCUT2D eigenvalue weighted by molar-refractivity contribution is 8.18. The number of carbonyl (C=O) groups excluding carboxylic acids is 2. The van der Waals surface area contributed by atoms with E-state index in [0.29, 0.717) is 21.5 Å². The number of thiazole rings is 1. The van der Waals surface area contributed by atoms with E-state index in [1.807, 2.05) is 0 Å². The van der Waals surface area contributed by atoms with Gasteiger partial charge in [0.15, 0.2) is 10.8 Å². The number of H-pyrrole nitrogens is 1. The topological polar surface area (TPSA) is 200 Å². The molecule has 0 unspecified atom stereocenters. The smallest absolute Gasteiger partial charge is 0.353 e. The fraction of sp³-hybridized carbons (Fsp3) is 0.312. The summed E-state index contributed by atoms with van der Waals surface area (Å²) in [5.74, 6) is -1.59. The summed E-state index contributed by atoms with van der Waals surface area (Å²) in [6.07, 6.45) is 1.62. The minimum absolute atomic E-state index is 0.0744. The van der Waals surface area contributed by atoms with E-state index >= 15 is 0 Å². The average molecular weight is 529 g/mol. The molecular weight excluding hydrogens is 512 g/mol. The molecule has 0 bridgehead atoms. The Morgan fingerprint density at radius 3 is 2.91 bits per heavy atom. The highest BCUT2D eigenvalue weighted by Gasteiger charge is 2.54. The van der Waals surface area contributed by atoms with Crippen LogP contribution in [-0.2, 0) is 20.1 Å². The van der Waals surface area contributed by atoms with Gasteiger partial charge in [-0.3, -0.25) is 14.5 Å². The first-order valence-corrected chi connectivity index (χ1v) is 13.2. The van der Waals surface area contributed by atoms with E-state index in [0.717, 1.165) is 17.0 Å². The molecule has 2 aliphatic heterocycles. The number of aromatic nitrogens is 4. The first-order chi connectivity index (χ1) is 15.9. The van der Waals surface area contributed by atoms with Crippen molar-refractivity contribution >= 4 is 75.2 Å². The van der Waals surface area contributed by atoms with Crippen molar-refractivity contribution in [2.45, 2.75) is 17.2 Å². The van der Waals surface area contributed by atoms with Crippen molar-refractivity contribution in [1.82, 2.24) is 30.6 Å². The monoisotopic (exact) mass is 528 g/mol. The second-order valence-electron chi connectivity index (χ2n) is 6.53. The fourth-order valence-electron chi connectivity index (χ4n) is 3.07. The summed E-state index contributed by atoms with van der Waals surface area (Å²) in [5, 5.41) is 36.3. The number of nitrogen functional groups attached to an aromatic ring is 1. The van der Waals surface area contributed by atoms with Crippen LogP contribution in [0, 0.1) is 0 Å². The van der Waals surface area contributed by atoms with E-state index in [9.17, 15) is 24.7 Å². The van der Waals surface area contributed by atoms with Gasteiger partial charge < -0.3 is 21.4 Å². The number of nitrogens with one attached hydrogen (secondary N) is 2. The van der Waals surface area contributed by atoms with Crippen LogP contribution in [0.4, 0.5) is 5.13 Å². The Morgan fingerprint density at radius 2 is 2.27 bits per heavy atom. The number of nitrogens with zero attached hydrogens (tertiary/aromatic N) is 5. The molecule has 0 aromatic carbocycles. The number of fused-ring (bicyclic) bond motifs is 1. The Balaban J connectivity index is 1.40. The van der Waals surface area contributed by atoms with Gasteiger partial charge in [0, 0.05) is 26.9 Å². The Kier molecular flexibility index (Phi) is 7.11. The molecule has 2 aliphatic rings. The maximum absolute atomic E-state index is 12.8. The number of anilines is 1. The van der Waals surface area contributed by atoms with E-state index in [1.165, 1.54) is 33.8 Å². The molecule has 2 atom stereocenters. The van der Waals surface area contributed by atoms with Crippen LogP contribution in [-0.4, -0.2) is 81.4 Å². The summed E-state index contributed by atoms with van der Waals surface area (Å²) in [7, 11) is 0. The van der Waals surface area contributed by atoms with E-state index in [4.69, 9.17) is 5.73 Å². The molecule has 0 aliphatic carbocycles. The molecule has 2 aromatic rings. The van der Waals surface area contributed by atoms with Crippen molar-refractivity contribution in [3.05, 3.63) is 33.6 Å². The average Bonchev–Trinajstić information content (AvgIpc) is 3.46. The third-order valence-corrected chi connectivity index (χ3v) is 8.99. The number of carboxylic acids is 1. The lowest BCUT2D eigenvalue weighted by atomic mass is 10.0. The number of aromatic amines is 1. The third-order valence-electron chi connectivity index (χ3n) is 4.53. The second-order valence-corrected chi connectivity index (χ2v) is 10.9. The molecule has 17 heteroatoms. The van der Waals surface area contributed by atoms with Crippen LogP contribution in [0.15, 0.2) is 27.3 Å². The van der Waals surface area contributed by atoms with E-state index < -0.39 is 29.2 Å². The molecule has 6 N–H and O–H groups in total. The number of oxime groups is 1. The number of β-lactam (4-membered cyclic amide) rings is 1. The number of rotatable bonds is 9. The minimum Gasteiger partial charge on any atom is -0.477 e. The van der Waals surface area contributed by atoms with E-state index in [2.05, 4.69) is 30.9 Å². The lowest BCUT2D eigenvalue weighted by Crippen LogP contribution is -2.71. The fourth-order valence-corrected chi connectivity index (χ4v) is 7.26. The van der Waals surface area contributed by atoms with Crippen molar-refractivity contribution in [2.24, 2.45) is 5.16 Å². The van der Waals surface area contributed by atoms with Gasteiger partial charge in [-0.25, -0.2) is 9.78 Å². The molecule has 0 saturated carbocycles. The number of carboxylic acid groups (broad SMARTS) is 1. The molecular formula is C16H16N8O5S4. The van der Waals surface area contributed by atoms with Gasteiger partial charge in [-0.2, -0.15) is 15.4 Å². The lowest BCUT2D eigenvalue weighted by molar-refractivity contribution is -0.150. The number of aliphatic carboxylic acids is 1. The van der Waals surface area contributed by atoms with Gasteiger partial charge in [-0.1, -0.05) is 5.16 Å². The van der Waals surface area contributed by atoms with Crippen LogP contribution >= 0.6 is 46.6 Å². The van der Waals surface area contributed by atoms with Gasteiger partial charge in [0.05, 0.1) is 11.9 Å². The van der Waals surface area contributed by atoms with Gasteiger partial charge >= 0.3 is 5.97 Å². The van der Waals surface area contributed by atoms with Gasteiger partial charge in [-0.15, -0.1) is 46.6 Å². The Bertz CT molecular complexity index is 1130. The summed E-state index contributed by atoms with van der Waals surface area (Å²) in [6, 6.07) is -0.960. The SMILES string of the molecule is Nc1nc(/C(=N/O)C(=O)N[C@@H]2C(=O)N3C(C(=O)O)=C(SCSCc4cn[nH]n4)CS[C@H]23)cs1. The number of carbonyl (C=O) groups is 3. The number of amides is 2. The predicted octanol–water partition coefficient (Wildman–Crippen LogP) is 0.342. The summed E-state index contributed by atoms with van der Waals surface area (Å²) in [6.45, 7) is 0. The maximum Gasteiger partial charge on any atom is 0.353 e. The zero-order chi connectivity index (χ0) is 23.5. The summed E-state index contributed by atoms with van der Waals surface area (Å²) >= 11 is 5.31. The molecule has 1 saturated heterocycles. The van der Waals surface area contributed by atoms with Crippen LogP contribution < -0.4 is 11.1 Å². The standard InChI is InChI=1S/C16H16N8O5S4/c17-16-19-7(3-32-16)9(22-29)12(25)20-10-13(26)24-11(15(27)28)8(4-31-14(10)24)33-5-30-2-6-1-18-23-21-6/h1,3,10,14,29H,2,4-5H2,(H2,17,19)(H,20,25)(H,27,28)(H,18,21,23)/b22-9-/t10-,14-/m1/s1. The first-order valence-electron chi connectivity index (χ1n) is 9.11.